The van der Waals surface area contributed by atoms with Crippen LogP contribution in [0.2, 0.25) is 15.1 Å². The zero-order valence-electron chi connectivity index (χ0n) is 10.2. The molecule has 1 aliphatic rings. The number of halogens is 3. The minimum absolute atomic E-state index is 0.00395. The van der Waals surface area contributed by atoms with Crippen LogP contribution in [0, 0.1) is 5.92 Å². The van der Waals surface area contributed by atoms with Crippen molar-refractivity contribution in [2.75, 3.05) is 11.4 Å². The Balaban J connectivity index is 2.37. The first-order valence-electron chi connectivity index (χ1n) is 5.85. The number of Topliss-reactive ketones (excluding diaryl/α,β-unsaturated/α-hetero) is 1. The van der Waals surface area contributed by atoms with E-state index in [1.165, 1.54) is 0 Å². The number of piperidine rings is 1. The third-order valence-corrected chi connectivity index (χ3v) is 4.65. The third kappa shape index (κ3) is 2.47. The number of benzene rings is 1. The molecule has 0 bridgehead atoms. The quantitative estimate of drug-likeness (QED) is 0.714. The molecule has 0 radical (unpaired) electrons. The fourth-order valence-corrected chi connectivity index (χ4v) is 2.92. The highest BCUT2D eigenvalue weighted by molar-refractivity contribution is 6.44. The zero-order valence-corrected chi connectivity index (χ0v) is 12.5. The number of nitrogens with zero attached hydrogens (tertiary/aromatic N) is 1. The molecule has 0 aliphatic carbocycles. The average Bonchev–Trinajstić information content (AvgIpc) is 2.32. The number of rotatable bonds is 1. The summed E-state index contributed by atoms with van der Waals surface area (Å²) in [7, 11) is 0. The van der Waals surface area contributed by atoms with Crippen molar-refractivity contribution < 1.29 is 4.79 Å². The van der Waals surface area contributed by atoms with Crippen molar-refractivity contribution in [2.24, 2.45) is 5.92 Å². The fraction of sp³-hybridized carbons (Fsp3) is 0.462. The van der Waals surface area contributed by atoms with Crippen molar-refractivity contribution in [2.45, 2.75) is 26.3 Å². The Labute approximate surface area is 122 Å². The van der Waals surface area contributed by atoms with E-state index in [1.54, 1.807) is 12.1 Å². The highest BCUT2D eigenvalue weighted by Gasteiger charge is 2.32. The number of carbonyl (C=O) groups excluding carboxylic acids is 1. The molecule has 0 spiro atoms. The van der Waals surface area contributed by atoms with Crippen LogP contribution in [-0.2, 0) is 4.79 Å². The van der Waals surface area contributed by atoms with Crippen molar-refractivity contribution in [3.8, 4) is 0 Å². The van der Waals surface area contributed by atoms with Crippen LogP contribution in [0.5, 0.6) is 0 Å². The molecule has 1 fully saturated rings. The fourth-order valence-electron chi connectivity index (χ4n) is 2.27. The van der Waals surface area contributed by atoms with E-state index in [4.69, 9.17) is 34.8 Å². The van der Waals surface area contributed by atoms with Crippen molar-refractivity contribution in [3.05, 3.63) is 27.2 Å². The Hall–Kier alpha value is -0.440. The van der Waals surface area contributed by atoms with Crippen LogP contribution in [0.25, 0.3) is 0 Å². The van der Waals surface area contributed by atoms with Gasteiger partial charge in [0.05, 0.1) is 20.8 Å². The molecular formula is C13H14Cl3NO. The summed E-state index contributed by atoms with van der Waals surface area (Å²) in [6.07, 6.45) is 0.544. The number of carbonyl (C=O) groups is 1. The number of ketones is 1. The summed E-state index contributed by atoms with van der Waals surface area (Å²) < 4.78 is 0. The Morgan fingerprint density at radius 1 is 1.11 bits per heavy atom. The second-order valence-electron chi connectivity index (χ2n) is 4.66. The van der Waals surface area contributed by atoms with E-state index in [1.807, 2.05) is 13.8 Å². The summed E-state index contributed by atoms with van der Waals surface area (Å²) in [6, 6.07) is 3.53. The van der Waals surface area contributed by atoms with Crippen LogP contribution in [0.3, 0.4) is 0 Å². The van der Waals surface area contributed by atoms with Gasteiger partial charge in [-0.15, -0.1) is 0 Å². The molecular weight excluding hydrogens is 293 g/mol. The molecule has 1 aliphatic heterocycles. The molecule has 2 atom stereocenters. The molecule has 1 heterocycles. The topological polar surface area (TPSA) is 20.3 Å². The van der Waals surface area contributed by atoms with E-state index in [0.717, 1.165) is 5.69 Å². The highest BCUT2D eigenvalue weighted by atomic mass is 35.5. The lowest BCUT2D eigenvalue weighted by molar-refractivity contribution is -0.123. The first kappa shape index (κ1) is 14.0. The van der Waals surface area contributed by atoms with Gasteiger partial charge in [0.1, 0.15) is 5.78 Å². The van der Waals surface area contributed by atoms with Gasteiger partial charge in [-0.2, -0.15) is 0 Å². The lowest BCUT2D eigenvalue weighted by atomic mass is 9.90. The monoisotopic (exact) mass is 305 g/mol. The maximum atomic E-state index is 11.7. The maximum Gasteiger partial charge on any atom is 0.139 e. The van der Waals surface area contributed by atoms with Gasteiger partial charge >= 0.3 is 0 Å². The first-order valence-corrected chi connectivity index (χ1v) is 6.99. The Morgan fingerprint density at radius 3 is 2.39 bits per heavy atom. The van der Waals surface area contributed by atoms with Crippen molar-refractivity contribution in [3.63, 3.8) is 0 Å². The van der Waals surface area contributed by atoms with E-state index in [-0.39, 0.29) is 12.0 Å². The summed E-state index contributed by atoms with van der Waals surface area (Å²) in [5.74, 6) is 0.305. The van der Waals surface area contributed by atoms with E-state index in [2.05, 4.69) is 4.90 Å². The number of hydrogen-bond acceptors (Lipinski definition) is 2. The number of hydrogen-bond donors (Lipinski definition) is 0. The maximum absolute atomic E-state index is 11.7. The predicted octanol–water partition coefficient (Wildman–Crippen LogP) is 4.45. The normalized spacial score (nSPS) is 24.5. The predicted molar refractivity (Wildman–Crippen MR) is 77.1 cm³/mol. The molecule has 0 amide bonds. The molecule has 5 heteroatoms. The van der Waals surface area contributed by atoms with Gasteiger partial charge in [0.15, 0.2) is 0 Å². The molecule has 18 heavy (non-hydrogen) atoms. The van der Waals surface area contributed by atoms with E-state index >= 15 is 0 Å². The standard InChI is InChI=1S/C13H14Cl3NO/c1-7-8(2)17(4-3-13(7)18)12-6-10(15)9(14)5-11(12)16/h5-8H,3-4H2,1-2H3. The largest absolute Gasteiger partial charge is 0.366 e. The van der Waals surface area contributed by atoms with Crippen LogP contribution < -0.4 is 4.90 Å². The highest BCUT2D eigenvalue weighted by Crippen LogP contribution is 2.37. The summed E-state index contributed by atoms with van der Waals surface area (Å²) in [6.45, 7) is 4.65. The average molecular weight is 307 g/mol. The van der Waals surface area contributed by atoms with E-state index in [0.29, 0.717) is 33.8 Å². The Bertz CT molecular complexity index is 489. The molecule has 1 aromatic rings. The van der Waals surface area contributed by atoms with Gasteiger partial charge in [-0.1, -0.05) is 41.7 Å². The van der Waals surface area contributed by atoms with Crippen LogP contribution in [0.1, 0.15) is 20.3 Å². The van der Waals surface area contributed by atoms with E-state index < -0.39 is 0 Å². The Morgan fingerprint density at radius 2 is 1.72 bits per heavy atom. The molecule has 2 nitrogen and oxygen atoms in total. The summed E-state index contributed by atoms with van der Waals surface area (Å²) in [5.41, 5.74) is 0.845. The van der Waals surface area contributed by atoms with Gasteiger partial charge in [0, 0.05) is 24.9 Å². The van der Waals surface area contributed by atoms with Gasteiger partial charge in [-0.3, -0.25) is 4.79 Å². The van der Waals surface area contributed by atoms with Gasteiger partial charge in [-0.25, -0.2) is 0 Å². The molecule has 0 aromatic heterocycles. The molecule has 1 aromatic carbocycles. The van der Waals surface area contributed by atoms with Gasteiger partial charge in [0.2, 0.25) is 0 Å². The zero-order chi connectivity index (χ0) is 13.4. The molecule has 2 rings (SSSR count). The third-order valence-electron chi connectivity index (χ3n) is 3.62. The van der Waals surface area contributed by atoms with Crippen LogP contribution in [0.15, 0.2) is 12.1 Å². The van der Waals surface area contributed by atoms with Gasteiger partial charge in [0.25, 0.3) is 0 Å². The lowest BCUT2D eigenvalue weighted by Gasteiger charge is -2.39. The van der Waals surface area contributed by atoms with Crippen LogP contribution >= 0.6 is 34.8 Å². The minimum atomic E-state index is 0.00395. The molecule has 0 N–H and O–H groups in total. The number of anilines is 1. The Kier molecular flexibility index (Phi) is 4.10. The summed E-state index contributed by atoms with van der Waals surface area (Å²) >= 11 is 18.2. The molecule has 1 saturated heterocycles. The minimum Gasteiger partial charge on any atom is -0.366 e. The van der Waals surface area contributed by atoms with Crippen LogP contribution in [-0.4, -0.2) is 18.4 Å². The second-order valence-corrected chi connectivity index (χ2v) is 5.88. The van der Waals surface area contributed by atoms with Crippen LogP contribution in [0.4, 0.5) is 5.69 Å². The van der Waals surface area contributed by atoms with E-state index in [9.17, 15) is 4.79 Å². The first-order chi connectivity index (χ1) is 8.41. The van der Waals surface area contributed by atoms with Crippen molar-refractivity contribution in [1.29, 1.82) is 0 Å². The SMILES string of the molecule is CC1C(=O)CCN(c2cc(Cl)c(Cl)cc2Cl)C1C. The van der Waals surface area contributed by atoms with Crippen molar-refractivity contribution >= 4 is 46.3 Å². The summed E-state index contributed by atoms with van der Waals surface area (Å²) in [5, 5.41) is 1.49. The smallest absolute Gasteiger partial charge is 0.139 e. The summed E-state index contributed by atoms with van der Waals surface area (Å²) in [4.78, 5) is 13.8. The molecule has 2 unspecified atom stereocenters. The molecule has 98 valence electrons. The second kappa shape index (κ2) is 5.28. The molecule has 0 saturated carbocycles. The van der Waals surface area contributed by atoms with Gasteiger partial charge in [-0.05, 0) is 19.1 Å². The van der Waals surface area contributed by atoms with Gasteiger partial charge < -0.3 is 4.90 Å². The lowest BCUT2D eigenvalue weighted by Crippen LogP contribution is -2.47. The van der Waals surface area contributed by atoms with Crippen molar-refractivity contribution in [1.82, 2.24) is 0 Å².